The lowest BCUT2D eigenvalue weighted by Crippen LogP contribution is -2.07. The van der Waals surface area contributed by atoms with Gasteiger partial charge in [0.1, 0.15) is 10.6 Å². The monoisotopic (exact) mass is 460 g/mol. The van der Waals surface area contributed by atoms with E-state index in [-0.39, 0.29) is 10.8 Å². The van der Waals surface area contributed by atoms with Crippen molar-refractivity contribution >= 4 is 38.6 Å². The average molecular weight is 461 g/mol. The molecule has 0 amide bonds. The first-order valence-electron chi connectivity index (χ1n) is 9.61. The predicted molar refractivity (Wildman–Crippen MR) is 126 cm³/mol. The Kier molecular flexibility index (Phi) is 5.26. The predicted octanol–water partition coefficient (Wildman–Crippen LogP) is 4.78. The van der Waals surface area contributed by atoms with E-state index in [9.17, 15) is 8.42 Å². The van der Waals surface area contributed by atoms with Crippen LogP contribution in [0.4, 0.5) is 5.13 Å². The molecule has 0 fully saturated rings. The van der Waals surface area contributed by atoms with Gasteiger partial charge in [-0.25, -0.2) is 4.98 Å². The highest BCUT2D eigenvalue weighted by Gasteiger charge is 2.29. The van der Waals surface area contributed by atoms with Gasteiger partial charge in [-0.2, -0.15) is 13.5 Å². The highest BCUT2D eigenvalue weighted by molar-refractivity contribution is 7.90. The van der Waals surface area contributed by atoms with Gasteiger partial charge < -0.3 is 4.74 Å². The van der Waals surface area contributed by atoms with Gasteiger partial charge in [0.2, 0.25) is 11.0 Å². The van der Waals surface area contributed by atoms with E-state index in [2.05, 4.69) is 19.9 Å². The summed E-state index contributed by atoms with van der Waals surface area (Å²) in [5.74, 6) is 0.551. The van der Waals surface area contributed by atoms with Crippen molar-refractivity contribution in [3.63, 3.8) is 0 Å². The normalized spacial score (nSPS) is 14.2. The van der Waals surface area contributed by atoms with Crippen LogP contribution in [0.3, 0.4) is 0 Å². The standard InChI is InChI=1S/C23H16N4O3S2/c28-32(29)21-9-5-4-8-19(21)22(27-32)30-18-12-10-16(11-13-18)14-24-26-23-25-20(15-31-23)17-6-2-1-3-7-17/h1-15H,(H,25,26). The smallest absolute Gasteiger partial charge is 0.286 e. The van der Waals surface area contributed by atoms with Crippen LogP contribution in [0.5, 0.6) is 5.75 Å². The van der Waals surface area contributed by atoms with E-state index in [0.29, 0.717) is 16.4 Å². The summed E-state index contributed by atoms with van der Waals surface area (Å²) in [4.78, 5) is 4.68. The van der Waals surface area contributed by atoms with Crippen LogP contribution in [-0.4, -0.2) is 25.5 Å². The summed E-state index contributed by atoms with van der Waals surface area (Å²) in [6, 6.07) is 23.6. The van der Waals surface area contributed by atoms with Crippen LogP contribution in [0, 0.1) is 0 Å². The van der Waals surface area contributed by atoms with Gasteiger partial charge in [-0.05, 0) is 42.0 Å². The van der Waals surface area contributed by atoms with Gasteiger partial charge in [0, 0.05) is 10.9 Å². The maximum Gasteiger partial charge on any atom is 0.286 e. The quantitative estimate of drug-likeness (QED) is 0.342. The molecule has 0 unspecified atom stereocenters. The van der Waals surface area contributed by atoms with Crippen LogP contribution in [0.25, 0.3) is 11.3 Å². The summed E-state index contributed by atoms with van der Waals surface area (Å²) in [6.45, 7) is 0. The third kappa shape index (κ3) is 4.16. The van der Waals surface area contributed by atoms with E-state index in [4.69, 9.17) is 4.74 Å². The Hall–Kier alpha value is -3.82. The van der Waals surface area contributed by atoms with Crippen molar-refractivity contribution in [1.82, 2.24) is 4.98 Å². The lowest BCUT2D eigenvalue weighted by atomic mass is 10.2. The van der Waals surface area contributed by atoms with Crippen LogP contribution in [0.2, 0.25) is 0 Å². The zero-order valence-electron chi connectivity index (χ0n) is 16.5. The summed E-state index contributed by atoms with van der Waals surface area (Å²) < 4.78 is 33.7. The minimum Gasteiger partial charge on any atom is -0.438 e. The Balaban J connectivity index is 1.23. The third-order valence-electron chi connectivity index (χ3n) is 4.64. The second-order valence-corrected chi connectivity index (χ2v) is 9.24. The number of fused-ring (bicyclic) bond motifs is 1. The zero-order valence-corrected chi connectivity index (χ0v) is 18.2. The van der Waals surface area contributed by atoms with Crippen LogP contribution in [-0.2, 0) is 10.0 Å². The van der Waals surface area contributed by atoms with Gasteiger partial charge >= 0.3 is 0 Å². The number of nitrogens with zero attached hydrogens (tertiary/aromatic N) is 3. The van der Waals surface area contributed by atoms with Gasteiger partial charge in [0.25, 0.3) is 10.0 Å². The molecule has 0 spiro atoms. The highest BCUT2D eigenvalue weighted by atomic mass is 32.2. The van der Waals surface area contributed by atoms with Crippen molar-refractivity contribution in [3.8, 4) is 17.0 Å². The van der Waals surface area contributed by atoms with E-state index in [0.717, 1.165) is 16.8 Å². The SMILES string of the molecule is O=S1(=O)N=C(Oc2ccc(C=NNc3nc(-c4ccccc4)cs3)cc2)c2ccccc21. The molecule has 1 aliphatic heterocycles. The molecule has 4 aromatic rings. The second kappa shape index (κ2) is 8.37. The third-order valence-corrected chi connectivity index (χ3v) is 6.71. The molecule has 0 aliphatic carbocycles. The highest BCUT2D eigenvalue weighted by Crippen LogP contribution is 2.28. The summed E-state index contributed by atoms with van der Waals surface area (Å²) in [7, 11) is -3.71. The molecule has 1 N–H and O–H groups in total. The van der Waals surface area contributed by atoms with Gasteiger partial charge in [-0.1, -0.05) is 42.5 Å². The van der Waals surface area contributed by atoms with Gasteiger partial charge in [-0.15, -0.1) is 15.7 Å². The fraction of sp³-hybridized carbons (Fsp3) is 0. The summed E-state index contributed by atoms with van der Waals surface area (Å²) in [5.41, 5.74) is 6.19. The summed E-state index contributed by atoms with van der Waals surface area (Å²) in [6.07, 6.45) is 1.67. The lowest BCUT2D eigenvalue weighted by molar-refractivity contribution is 0.554. The molecule has 0 atom stereocenters. The number of rotatable bonds is 5. The maximum absolute atomic E-state index is 12.1. The van der Waals surface area contributed by atoms with Crippen molar-refractivity contribution in [1.29, 1.82) is 0 Å². The maximum atomic E-state index is 12.1. The first-order chi connectivity index (χ1) is 15.6. The van der Waals surface area contributed by atoms with Crippen LogP contribution in [0.15, 0.2) is 98.6 Å². The topological polar surface area (TPSA) is 93.0 Å². The Morgan fingerprint density at radius 1 is 0.938 bits per heavy atom. The molecule has 0 saturated heterocycles. The molecule has 158 valence electrons. The number of ether oxygens (including phenoxy) is 1. The van der Waals surface area contributed by atoms with Gasteiger partial charge in [0.15, 0.2) is 0 Å². The Morgan fingerprint density at radius 3 is 2.50 bits per heavy atom. The number of hydrogen-bond acceptors (Lipinski definition) is 7. The van der Waals surface area contributed by atoms with E-state index >= 15 is 0 Å². The van der Waals surface area contributed by atoms with Crippen molar-refractivity contribution in [3.05, 3.63) is 95.4 Å². The molecule has 32 heavy (non-hydrogen) atoms. The number of nitrogens with one attached hydrogen (secondary N) is 1. The molecule has 1 aliphatic rings. The number of hydrazone groups is 1. The fourth-order valence-electron chi connectivity index (χ4n) is 3.11. The van der Waals surface area contributed by atoms with Gasteiger partial charge in [-0.3, -0.25) is 5.43 Å². The van der Waals surface area contributed by atoms with Crippen molar-refractivity contribution in [2.45, 2.75) is 4.90 Å². The molecule has 0 radical (unpaired) electrons. The largest absolute Gasteiger partial charge is 0.438 e. The molecular weight excluding hydrogens is 444 g/mol. The van der Waals surface area contributed by atoms with E-state index in [1.54, 1.807) is 36.5 Å². The molecule has 9 heteroatoms. The number of anilines is 1. The van der Waals surface area contributed by atoms with Crippen LogP contribution >= 0.6 is 11.3 Å². The Morgan fingerprint density at radius 2 is 1.69 bits per heavy atom. The van der Waals surface area contributed by atoms with Gasteiger partial charge in [0.05, 0.1) is 17.5 Å². The molecule has 1 aromatic heterocycles. The lowest BCUT2D eigenvalue weighted by Gasteiger charge is -2.05. The number of aromatic nitrogens is 1. The Bertz CT molecular complexity index is 1430. The minimum absolute atomic E-state index is 0.0710. The number of thiazole rings is 1. The fourth-order valence-corrected chi connectivity index (χ4v) is 4.92. The van der Waals surface area contributed by atoms with E-state index in [1.807, 2.05) is 47.8 Å². The van der Waals surface area contributed by atoms with Crippen molar-refractivity contribution in [2.75, 3.05) is 5.43 Å². The first kappa shape index (κ1) is 20.1. The van der Waals surface area contributed by atoms with Crippen molar-refractivity contribution in [2.24, 2.45) is 9.50 Å². The molecule has 0 bridgehead atoms. The van der Waals surface area contributed by atoms with Crippen LogP contribution < -0.4 is 10.2 Å². The van der Waals surface area contributed by atoms with E-state index < -0.39 is 10.0 Å². The summed E-state index contributed by atoms with van der Waals surface area (Å²) in [5, 5.41) is 6.90. The number of hydrogen-bond donors (Lipinski definition) is 1. The number of benzene rings is 3. The molecule has 2 heterocycles. The zero-order chi connectivity index (χ0) is 22.0. The first-order valence-corrected chi connectivity index (χ1v) is 11.9. The van der Waals surface area contributed by atoms with Crippen molar-refractivity contribution < 1.29 is 13.2 Å². The molecule has 3 aromatic carbocycles. The van der Waals surface area contributed by atoms with Crippen LogP contribution in [0.1, 0.15) is 11.1 Å². The second-order valence-electron chi connectivity index (χ2n) is 6.81. The molecule has 0 saturated carbocycles. The number of sulfonamides is 1. The summed E-state index contributed by atoms with van der Waals surface area (Å²) >= 11 is 1.48. The molecular formula is C23H16N4O3S2. The average Bonchev–Trinajstić information content (AvgIpc) is 3.38. The molecule has 5 rings (SSSR count). The molecule has 7 nitrogen and oxygen atoms in total. The Labute approximate surface area is 188 Å². The van der Waals surface area contributed by atoms with E-state index in [1.165, 1.54) is 17.4 Å². The minimum atomic E-state index is -3.71.